The van der Waals surface area contributed by atoms with Crippen LogP contribution in [0.1, 0.15) is 77.0 Å². The van der Waals surface area contributed by atoms with E-state index in [0.717, 1.165) is 28.0 Å². The van der Waals surface area contributed by atoms with Gasteiger partial charge in [0.1, 0.15) is 28.0 Å². The van der Waals surface area contributed by atoms with Gasteiger partial charge in [0.25, 0.3) is 0 Å². The molecule has 0 atom stereocenters. The van der Waals surface area contributed by atoms with Gasteiger partial charge >= 0.3 is 0 Å². The smallest absolute Gasteiger partial charge is 0.232 e. The van der Waals surface area contributed by atoms with Gasteiger partial charge < -0.3 is 0 Å². The van der Waals surface area contributed by atoms with Crippen molar-refractivity contribution < 1.29 is 4.62 Å². The molecule has 3 aliphatic rings. The Hall–Kier alpha value is -1.15. The monoisotopic (exact) mass is 372 g/mol. The summed E-state index contributed by atoms with van der Waals surface area (Å²) in [5.74, 6) is 0. The molecule has 3 aliphatic carbocycles. The van der Waals surface area contributed by atoms with Crippen molar-refractivity contribution in [2.45, 2.75) is 94.0 Å². The average Bonchev–Trinajstić information content (AvgIpc) is 3.49. The fourth-order valence-corrected chi connectivity index (χ4v) is 12.2. The summed E-state index contributed by atoms with van der Waals surface area (Å²) in [5.41, 5.74) is 4.41. The minimum absolute atomic E-state index is 0.802. The molecule has 3 fully saturated rings. The van der Waals surface area contributed by atoms with E-state index in [-0.39, 0.29) is 0 Å². The molecule has 0 spiro atoms. The summed E-state index contributed by atoms with van der Waals surface area (Å²) in [7, 11) is -1.57. The largest absolute Gasteiger partial charge is 0.243 e. The number of nitrogens with zero attached hydrogens (tertiary/aromatic N) is 3. The van der Waals surface area contributed by atoms with Crippen LogP contribution in [0.25, 0.3) is 11.0 Å². The van der Waals surface area contributed by atoms with Crippen molar-refractivity contribution in [2.24, 2.45) is 0 Å². The zero-order valence-electron chi connectivity index (χ0n) is 15.7. The first-order valence-corrected chi connectivity index (χ1v) is 12.7. The molecule has 5 rings (SSSR count). The van der Waals surface area contributed by atoms with Gasteiger partial charge in [-0.2, -0.15) is 0 Å². The Morgan fingerprint density at radius 2 is 1.27 bits per heavy atom. The summed E-state index contributed by atoms with van der Waals surface area (Å²) in [5, 5.41) is 8.85. The van der Waals surface area contributed by atoms with Gasteiger partial charge in [-0.05, 0) is 99.2 Å². The highest BCUT2D eigenvalue weighted by Gasteiger charge is 2.63. The van der Waals surface area contributed by atoms with E-state index < -0.39 is 7.49 Å². The predicted octanol–water partition coefficient (Wildman–Crippen LogP) is 5.62. The molecule has 1 heterocycles. The fourth-order valence-electron chi connectivity index (χ4n) is 6.06. The first-order valence-electron chi connectivity index (χ1n) is 10.8. The van der Waals surface area contributed by atoms with Crippen LogP contribution in [0, 0.1) is 0 Å². The molecule has 3 saturated carbocycles. The van der Waals surface area contributed by atoms with Gasteiger partial charge in [0.2, 0.25) is 7.49 Å². The van der Waals surface area contributed by atoms with Crippen LogP contribution < -0.4 is 4.62 Å². The Morgan fingerprint density at radius 3 is 1.81 bits per heavy atom. The molecule has 0 radical (unpaired) electrons. The number of aromatic nitrogens is 3. The predicted molar refractivity (Wildman–Crippen MR) is 108 cm³/mol. The van der Waals surface area contributed by atoms with Crippen molar-refractivity contribution in [1.29, 1.82) is 0 Å². The van der Waals surface area contributed by atoms with E-state index in [0.29, 0.717) is 0 Å². The molecule has 0 amide bonds. The molecular weight excluding hydrogens is 341 g/mol. The molecular formula is C21H31N3OP+. The van der Waals surface area contributed by atoms with Gasteiger partial charge in [-0.15, -0.1) is 5.10 Å². The molecule has 5 heteroatoms. The van der Waals surface area contributed by atoms with Gasteiger partial charge in [-0.25, -0.2) is 4.62 Å². The molecule has 0 aliphatic heterocycles. The van der Waals surface area contributed by atoms with E-state index in [1.54, 1.807) is 0 Å². The summed E-state index contributed by atoms with van der Waals surface area (Å²) >= 11 is 0. The lowest BCUT2D eigenvalue weighted by Crippen LogP contribution is -2.36. The summed E-state index contributed by atoms with van der Waals surface area (Å²) in [6, 6.07) is 8.27. The second kappa shape index (κ2) is 7.11. The van der Waals surface area contributed by atoms with Crippen LogP contribution in [0.2, 0.25) is 0 Å². The van der Waals surface area contributed by atoms with Crippen molar-refractivity contribution in [1.82, 2.24) is 15.2 Å². The van der Waals surface area contributed by atoms with Gasteiger partial charge in [0, 0.05) is 0 Å². The maximum Gasteiger partial charge on any atom is 0.232 e. The Bertz CT molecular complexity index is 702. The molecule has 4 nitrogen and oxygen atoms in total. The summed E-state index contributed by atoms with van der Waals surface area (Å²) in [4.78, 5) is 1.85. The molecule has 0 saturated heterocycles. The second-order valence-corrected chi connectivity index (χ2v) is 12.5. The van der Waals surface area contributed by atoms with Crippen LogP contribution in [-0.4, -0.2) is 32.1 Å². The first-order chi connectivity index (χ1) is 12.9. The average molecular weight is 372 g/mol. The Balaban J connectivity index is 1.59. The van der Waals surface area contributed by atoms with Gasteiger partial charge in [-0.1, -0.05) is 12.1 Å². The quantitative estimate of drug-likeness (QED) is 0.640. The van der Waals surface area contributed by atoms with E-state index in [9.17, 15) is 0 Å². The third-order valence-corrected chi connectivity index (χ3v) is 12.6. The van der Waals surface area contributed by atoms with Crippen molar-refractivity contribution in [3.63, 3.8) is 0 Å². The van der Waals surface area contributed by atoms with Gasteiger partial charge in [0.15, 0.2) is 0 Å². The minimum atomic E-state index is -1.57. The summed E-state index contributed by atoms with van der Waals surface area (Å²) in [6.07, 6.45) is 16.7. The molecule has 1 aromatic carbocycles. The van der Waals surface area contributed by atoms with Crippen molar-refractivity contribution in [2.75, 3.05) is 0 Å². The van der Waals surface area contributed by atoms with Crippen LogP contribution in [-0.2, 0) is 0 Å². The maximum atomic E-state index is 7.16. The number of benzene rings is 1. The minimum Gasteiger partial charge on any atom is -0.243 e. The number of para-hydroxylation sites is 1. The van der Waals surface area contributed by atoms with Crippen LogP contribution in [0.3, 0.4) is 0 Å². The van der Waals surface area contributed by atoms with E-state index in [4.69, 9.17) is 4.62 Å². The summed E-state index contributed by atoms with van der Waals surface area (Å²) in [6.45, 7) is 0. The number of fused-ring (bicyclic) bond motifs is 1. The standard InChI is InChI=1S/C21H31N3OP/c1-2-10-17(9-1)26(18-11-3-4-12-18,19-13-5-6-14-19)25-24-21-16-8-7-15-20(21)22-23-24/h7-8,15-19H,1-6,9-14H2/q+1. The number of rotatable bonds is 5. The highest BCUT2D eigenvalue weighted by molar-refractivity contribution is 7.73. The fraction of sp³-hybridized carbons (Fsp3) is 0.714. The third-order valence-electron chi connectivity index (χ3n) is 7.23. The molecule has 0 N–H and O–H groups in total. The number of hydrogen-bond acceptors (Lipinski definition) is 3. The highest BCUT2D eigenvalue weighted by atomic mass is 31.2. The molecule has 1 aromatic heterocycles. The van der Waals surface area contributed by atoms with Gasteiger partial charge in [-0.3, -0.25) is 0 Å². The lowest BCUT2D eigenvalue weighted by atomic mass is 10.3. The SMILES string of the molecule is c1ccc2c(c1)nnn2O[P+](C1CCCC1)(C1CCCC1)C1CCCC1. The van der Waals surface area contributed by atoms with Crippen molar-refractivity contribution >= 4 is 18.5 Å². The molecule has 0 unspecified atom stereocenters. The zero-order chi connectivity index (χ0) is 17.4. The molecule has 2 aromatic rings. The van der Waals surface area contributed by atoms with E-state index in [1.807, 2.05) is 17.0 Å². The van der Waals surface area contributed by atoms with Crippen LogP contribution in [0.15, 0.2) is 24.3 Å². The van der Waals surface area contributed by atoms with Crippen LogP contribution >= 0.6 is 7.49 Å². The lowest BCUT2D eigenvalue weighted by Gasteiger charge is -2.38. The highest BCUT2D eigenvalue weighted by Crippen LogP contribution is 2.77. The summed E-state index contributed by atoms with van der Waals surface area (Å²) < 4.78 is 7.16. The first kappa shape index (κ1) is 17.0. The van der Waals surface area contributed by atoms with Crippen LogP contribution in [0.4, 0.5) is 0 Å². The Labute approximate surface area is 157 Å². The molecule has 0 bridgehead atoms. The third kappa shape index (κ3) is 2.76. The zero-order valence-corrected chi connectivity index (χ0v) is 16.6. The van der Waals surface area contributed by atoms with Crippen molar-refractivity contribution in [3.8, 4) is 0 Å². The molecule has 140 valence electrons. The van der Waals surface area contributed by atoms with Crippen molar-refractivity contribution in [3.05, 3.63) is 24.3 Å². The Kier molecular flexibility index (Phi) is 4.64. The topological polar surface area (TPSA) is 39.9 Å². The normalized spacial score (nSPS) is 23.4. The van der Waals surface area contributed by atoms with E-state index in [1.165, 1.54) is 77.0 Å². The van der Waals surface area contributed by atoms with Gasteiger partial charge in [0.05, 0.1) is 0 Å². The van der Waals surface area contributed by atoms with E-state index in [2.05, 4.69) is 22.4 Å². The maximum absolute atomic E-state index is 7.16. The Morgan fingerprint density at radius 1 is 0.769 bits per heavy atom. The molecule has 26 heavy (non-hydrogen) atoms. The lowest BCUT2D eigenvalue weighted by molar-refractivity contribution is 0.241. The van der Waals surface area contributed by atoms with Crippen LogP contribution in [0.5, 0.6) is 0 Å². The second-order valence-electron chi connectivity index (χ2n) is 8.61. The van der Waals surface area contributed by atoms with E-state index >= 15 is 0 Å². The number of hydrogen-bond donors (Lipinski definition) is 0.